The van der Waals surface area contributed by atoms with Crippen LogP contribution in [0.15, 0.2) is 5.18 Å². The van der Waals surface area contributed by atoms with Gasteiger partial charge in [0.1, 0.15) is 0 Å². The smallest absolute Gasteiger partial charge is 0.0964 e. The average Bonchev–Trinajstić information content (AvgIpc) is 1.91. The van der Waals surface area contributed by atoms with E-state index in [0.29, 0.717) is 12.6 Å². The van der Waals surface area contributed by atoms with Gasteiger partial charge in [-0.1, -0.05) is 11.6 Å². The zero-order valence-corrected chi connectivity index (χ0v) is 5.47. The highest BCUT2D eigenvalue weighted by atomic mass is 16.3. The first-order valence-corrected chi connectivity index (χ1v) is 3.46. The second-order valence-electron chi connectivity index (χ2n) is 2.46. The second-order valence-corrected chi connectivity index (χ2v) is 2.46. The third-order valence-corrected chi connectivity index (χ3v) is 1.71. The highest BCUT2D eigenvalue weighted by Crippen LogP contribution is 2.06. The van der Waals surface area contributed by atoms with E-state index in [2.05, 4.69) is 10.5 Å². The minimum Gasteiger partial charge on any atom is -0.312 e. The highest BCUT2D eigenvalue weighted by molar-refractivity contribution is 4.73. The molecular weight excluding hydrogens is 116 g/mol. The first-order chi connectivity index (χ1) is 4.43. The van der Waals surface area contributed by atoms with Crippen LogP contribution in [0.1, 0.15) is 19.3 Å². The van der Waals surface area contributed by atoms with Crippen molar-refractivity contribution in [2.45, 2.75) is 25.3 Å². The lowest BCUT2D eigenvalue weighted by molar-refractivity contribution is 0.407. The molecule has 1 rings (SSSR count). The van der Waals surface area contributed by atoms with Gasteiger partial charge in [0.05, 0.1) is 6.54 Å². The van der Waals surface area contributed by atoms with E-state index >= 15 is 0 Å². The number of hydrogen-bond donors (Lipinski definition) is 1. The first-order valence-electron chi connectivity index (χ1n) is 3.46. The summed E-state index contributed by atoms with van der Waals surface area (Å²) in [6, 6.07) is 0.372. The Morgan fingerprint density at radius 3 is 3.00 bits per heavy atom. The van der Waals surface area contributed by atoms with Gasteiger partial charge in [-0.3, -0.25) is 0 Å². The molecule has 3 heteroatoms. The summed E-state index contributed by atoms with van der Waals surface area (Å²) >= 11 is 0. The zero-order chi connectivity index (χ0) is 6.53. The number of piperidine rings is 1. The van der Waals surface area contributed by atoms with E-state index in [1.54, 1.807) is 0 Å². The maximum Gasteiger partial charge on any atom is 0.0964 e. The predicted octanol–water partition coefficient (Wildman–Crippen LogP) is 0.895. The second kappa shape index (κ2) is 3.56. The molecule has 0 spiro atoms. The molecular formula is C6H12N2O. The fourth-order valence-electron chi connectivity index (χ4n) is 1.17. The molecule has 0 aromatic rings. The van der Waals surface area contributed by atoms with Crippen LogP contribution in [0.4, 0.5) is 0 Å². The van der Waals surface area contributed by atoms with E-state index in [0.717, 1.165) is 13.0 Å². The van der Waals surface area contributed by atoms with Crippen LogP contribution in [0.25, 0.3) is 0 Å². The Morgan fingerprint density at radius 1 is 1.56 bits per heavy atom. The summed E-state index contributed by atoms with van der Waals surface area (Å²) in [4.78, 5) is 9.78. The first kappa shape index (κ1) is 6.68. The van der Waals surface area contributed by atoms with Gasteiger partial charge in [0.15, 0.2) is 0 Å². The Morgan fingerprint density at radius 2 is 2.44 bits per heavy atom. The van der Waals surface area contributed by atoms with Gasteiger partial charge in [0, 0.05) is 6.04 Å². The van der Waals surface area contributed by atoms with Crippen molar-refractivity contribution in [2.75, 3.05) is 13.1 Å². The third kappa shape index (κ3) is 2.10. The molecule has 0 radical (unpaired) electrons. The minimum absolute atomic E-state index is 0.372. The zero-order valence-electron chi connectivity index (χ0n) is 5.47. The van der Waals surface area contributed by atoms with Gasteiger partial charge in [-0.25, -0.2) is 0 Å². The van der Waals surface area contributed by atoms with Gasteiger partial charge in [0.2, 0.25) is 0 Å². The summed E-state index contributed by atoms with van der Waals surface area (Å²) in [5.41, 5.74) is 0. The van der Waals surface area contributed by atoms with E-state index in [-0.39, 0.29) is 0 Å². The molecule has 3 nitrogen and oxygen atoms in total. The van der Waals surface area contributed by atoms with Crippen LogP contribution >= 0.6 is 0 Å². The number of rotatable bonds is 2. The van der Waals surface area contributed by atoms with Gasteiger partial charge in [0.25, 0.3) is 0 Å². The molecule has 1 aliphatic rings. The van der Waals surface area contributed by atoms with Gasteiger partial charge in [-0.2, -0.15) is 4.91 Å². The molecule has 0 bridgehead atoms. The van der Waals surface area contributed by atoms with Crippen LogP contribution in [0.3, 0.4) is 0 Å². The molecule has 1 heterocycles. The standard InChI is InChI=1S/C6H12N2O/c9-8-5-6-3-1-2-4-7-6/h6-7H,1-5H2. The van der Waals surface area contributed by atoms with E-state index in [1.165, 1.54) is 12.8 Å². The number of nitrogens with one attached hydrogen (secondary N) is 1. The maximum atomic E-state index is 9.78. The quantitative estimate of drug-likeness (QED) is 0.561. The lowest BCUT2D eigenvalue weighted by Gasteiger charge is -2.20. The molecule has 0 amide bonds. The van der Waals surface area contributed by atoms with Crippen molar-refractivity contribution in [2.24, 2.45) is 5.18 Å². The molecule has 1 fully saturated rings. The number of nitroso groups, excluding NO2 is 1. The van der Waals surface area contributed by atoms with E-state index in [4.69, 9.17) is 0 Å². The van der Waals surface area contributed by atoms with Gasteiger partial charge in [-0.05, 0) is 19.4 Å². The van der Waals surface area contributed by atoms with Crippen LogP contribution in [0.2, 0.25) is 0 Å². The normalized spacial score (nSPS) is 27.8. The molecule has 0 aromatic heterocycles. The predicted molar refractivity (Wildman–Crippen MR) is 36.3 cm³/mol. The van der Waals surface area contributed by atoms with Crippen LogP contribution < -0.4 is 5.32 Å². The monoisotopic (exact) mass is 128 g/mol. The molecule has 0 aromatic carbocycles. The Bertz CT molecular complexity index is 89.1. The van der Waals surface area contributed by atoms with Crippen molar-refractivity contribution >= 4 is 0 Å². The molecule has 1 aliphatic heterocycles. The van der Waals surface area contributed by atoms with Crippen molar-refractivity contribution in [1.29, 1.82) is 0 Å². The molecule has 1 N–H and O–H groups in total. The molecule has 0 saturated carbocycles. The van der Waals surface area contributed by atoms with Crippen LogP contribution in [-0.2, 0) is 0 Å². The Hall–Kier alpha value is -0.440. The summed E-state index contributed by atoms with van der Waals surface area (Å²) in [6.07, 6.45) is 3.61. The van der Waals surface area contributed by atoms with Crippen LogP contribution in [0, 0.1) is 4.91 Å². The topological polar surface area (TPSA) is 41.5 Å². The van der Waals surface area contributed by atoms with Crippen LogP contribution in [0.5, 0.6) is 0 Å². The SMILES string of the molecule is O=NCC1CCCCN1. The summed E-state index contributed by atoms with van der Waals surface area (Å²) in [5.74, 6) is 0. The van der Waals surface area contributed by atoms with Gasteiger partial charge >= 0.3 is 0 Å². The van der Waals surface area contributed by atoms with Crippen LogP contribution in [-0.4, -0.2) is 19.1 Å². The van der Waals surface area contributed by atoms with Crippen molar-refractivity contribution in [3.05, 3.63) is 4.91 Å². The molecule has 1 atom stereocenters. The average molecular weight is 128 g/mol. The summed E-state index contributed by atoms with van der Waals surface area (Å²) in [7, 11) is 0. The fourth-order valence-corrected chi connectivity index (χ4v) is 1.17. The van der Waals surface area contributed by atoms with E-state index in [1.807, 2.05) is 0 Å². The van der Waals surface area contributed by atoms with Crippen molar-refractivity contribution < 1.29 is 0 Å². The van der Waals surface area contributed by atoms with Crippen molar-refractivity contribution in [3.8, 4) is 0 Å². The molecule has 0 aliphatic carbocycles. The van der Waals surface area contributed by atoms with Gasteiger partial charge < -0.3 is 5.32 Å². The fraction of sp³-hybridized carbons (Fsp3) is 1.00. The molecule has 1 saturated heterocycles. The van der Waals surface area contributed by atoms with Crippen molar-refractivity contribution in [3.63, 3.8) is 0 Å². The Kier molecular flexibility index (Phi) is 2.64. The summed E-state index contributed by atoms with van der Waals surface area (Å²) in [6.45, 7) is 1.50. The lowest BCUT2D eigenvalue weighted by atomic mass is 10.1. The summed E-state index contributed by atoms with van der Waals surface area (Å²) in [5, 5.41) is 6.07. The summed E-state index contributed by atoms with van der Waals surface area (Å²) < 4.78 is 0. The number of hydrogen-bond acceptors (Lipinski definition) is 3. The molecule has 52 valence electrons. The van der Waals surface area contributed by atoms with E-state index in [9.17, 15) is 4.91 Å². The van der Waals surface area contributed by atoms with E-state index < -0.39 is 0 Å². The number of nitrogens with zero attached hydrogens (tertiary/aromatic N) is 1. The highest BCUT2D eigenvalue weighted by Gasteiger charge is 2.11. The lowest BCUT2D eigenvalue weighted by Crippen LogP contribution is -2.35. The van der Waals surface area contributed by atoms with Gasteiger partial charge in [-0.15, -0.1) is 0 Å². The Labute approximate surface area is 54.8 Å². The Balaban J connectivity index is 2.15. The molecule has 9 heavy (non-hydrogen) atoms. The molecule has 1 unspecified atom stereocenters. The van der Waals surface area contributed by atoms with Crippen molar-refractivity contribution in [1.82, 2.24) is 5.32 Å². The maximum absolute atomic E-state index is 9.78. The largest absolute Gasteiger partial charge is 0.312 e. The third-order valence-electron chi connectivity index (χ3n) is 1.71. The minimum atomic E-state index is 0.372.